The highest BCUT2D eigenvalue weighted by Gasteiger charge is 2.20. The van der Waals surface area contributed by atoms with E-state index < -0.39 is 0 Å². The first-order chi connectivity index (χ1) is 7.75. The first-order valence-electron chi connectivity index (χ1n) is 5.45. The number of nitrogens with one attached hydrogen (secondary N) is 1. The maximum Gasteiger partial charge on any atom is 0.272 e. The van der Waals surface area contributed by atoms with E-state index >= 15 is 0 Å². The summed E-state index contributed by atoms with van der Waals surface area (Å²) >= 11 is 4.84. The maximum atomic E-state index is 11.6. The molecule has 1 saturated carbocycles. The summed E-state index contributed by atoms with van der Waals surface area (Å²) in [7, 11) is 0. The molecule has 2 atom stereocenters. The number of alkyl halides is 1. The molecule has 0 bridgehead atoms. The first-order valence-corrected chi connectivity index (χ1v) is 7.20. The van der Waals surface area contributed by atoms with Crippen LogP contribution in [0.25, 0.3) is 0 Å². The molecule has 1 amide bonds. The Bertz CT molecular complexity index is 344. The largest absolute Gasteiger partial charge is 0.350 e. The van der Waals surface area contributed by atoms with Crippen molar-refractivity contribution in [3.05, 3.63) is 11.1 Å². The topological polar surface area (TPSA) is 54.9 Å². The fraction of sp³-hybridized carbons (Fsp3) is 0.700. The molecule has 2 rings (SSSR count). The average Bonchev–Trinajstić information content (AvgIpc) is 2.79. The Morgan fingerprint density at radius 3 is 3.19 bits per heavy atom. The van der Waals surface area contributed by atoms with Crippen molar-refractivity contribution >= 4 is 33.4 Å². The van der Waals surface area contributed by atoms with Crippen molar-refractivity contribution in [1.82, 2.24) is 14.9 Å². The van der Waals surface area contributed by atoms with Gasteiger partial charge in [-0.2, -0.15) is 0 Å². The van der Waals surface area contributed by atoms with E-state index in [9.17, 15) is 4.79 Å². The highest BCUT2D eigenvalue weighted by Crippen LogP contribution is 2.28. The van der Waals surface area contributed by atoms with Crippen LogP contribution in [0.15, 0.2) is 5.38 Å². The van der Waals surface area contributed by atoms with Crippen molar-refractivity contribution in [3.8, 4) is 0 Å². The van der Waals surface area contributed by atoms with Crippen LogP contribution >= 0.6 is 27.5 Å². The molecule has 2 unspecified atom stereocenters. The molecule has 88 valence electrons. The summed E-state index contributed by atoms with van der Waals surface area (Å²) in [6.07, 6.45) is 4.85. The van der Waals surface area contributed by atoms with E-state index in [1.807, 2.05) is 0 Å². The molecule has 0 radical (unpaired) electrons. The van der Waals surface area contributed by atoms with E-state index in [1.54, 1.807) is 5.38 Å². The third-order valence-electron chi connectivity index (χ3n) is 2.86. The van der Waals surface area contributed by atoms with Gasteiger partial charge in [-0.15, -0.1) is 5.10 Å². The zero-order valence-electron chi connectivity index (χ0n) is 8.86. The van der Waals surface area contributed by atoms with Crippen molar-refractivity contribution < 1.29 is 4.79 Å². The normalized spacial score (nSPS) is 25.3. The second-order valence-corrected chi connectivity index (χ2v) is 6.03. The Hall–Kier alpha value is -0.490. The summed E-state index contributed by atoms with van der Waals surface area (Å²) in [5.41, 5.74) is 0.427. The molecule has 1 fully saturated rings. The van der Waals surface area contributed by atoms with Crippen molar-refractivity contribution in [1.29, 1.82) is 0 Å². The summed E-state index contributed by atoms with van der Waals surface area (Å²) in [5.74, 6) is 0.485. The van der Waals surface area contributed by atoms with E-state index in [0.29, 0.717) is 16.4 Å². The van der Waals surface area contributed by atoms with Crippen LogP contribution in [0.5, 0.6) is 0 Å². The predicted molar refractivity (Wildman–Crippen MR) is 66.9 cm³/mol. The Labute approximate surface area is 107 Å². The second-order valence-electron chi connectivity index (χ2n) is 4.13. The van der Waals surface area contributed by atoms with Crippen molar-refractivity contribution in [2.75, 3.05) is 6.54 Å². The SMILES string of the molecule is O=C(NCC1CCCC(Br)C1)c1csnn1. The molecule has 0 saturated heterocycles. The molecule has 6 heteroatoms. The summed E-state index contributed by atoms with van der Waals surface area (Å²) in [6.45, 7) is 0.748. The third kappa shape index (κ3) is 3.25. The minimum absolute atomic E-state index is 0.106. The zero-order chi connectivity index (χ0) is 11.4. The molecule has 1 aromatic heterocycles. The number of rotatable bonds is 3. The lowest BCUT2D eigenvalue weighted by Gasteiger charge is -2.25. The van der Waals surface area contributed by atoms with E-state index in [0.717, 1.165) is 13.0 Å². The van der Waals surface area contributed by atoms with Gasteiger partial charge in [-0.1, -0.05) is 26.8 Å². The lowest BCUT2D eigenvalue weighted by Crippen LogP contribution is -2.32. The molecule has 4 nitrogen and oxygen atoms in total. The molecule has 0 aromatic carbocycles. The van der Waals surface area contributed by atoms with E-state index in [2.05, 4.69) is 30.8 Å². The minimum atomic E-state index is -0.106. The highest BCUT2D eigenvalue weighted by molar-refractivity contribution is 9.09. The standard InChI is InChI=1S/C10H14BrN3OS/c11-8-3-1-2-7(4-8)5-12-10(15)9-6-16-14-13-9/h6-8H,1-5H2,(H,12,15). The Kier molecular flexibility index (Phi) is 4.29. The van der Waals surface area contributed by atoms with Gasteiger partial charge in [0.05, 0.1) is 0 Å². The smallest absolute Gasteiger partial charge is 0.272 e. The van der Waals surface area contributed by atoms with Gasteiger partial charge in [0.15, 0.2) is 5.69 Å². The molecular weight excluding hydrogens is 290 g/mol. The molecule has 1 N–H and O–H groups in total. The van der Waals surface area contributed by atoms with Crippen LogP contribution in [0, 0.1) is 5.92 Å². The van der Waals surface area contributed by atoms with Crippen LogP contribution in [-0.2, 0) is 0 Å². The number of aromatic nitrogens is 2. The summed E-state index contributed by atoms with van der Waals surface area (Å²) in [6, 6.07) is 0. The average molecular weight is 304 g/mol. The van der Waals surface area contributed by atoms with Crippen LogP contribution in [-0.4, -0.2) is 26.9 Å². The fourth-order valence-electron chi connectivity index (χ4n) is 2.00. The summed E-state index contributed by atoms with van der Waals surface area (Å²) in [5, 5.41) is 8.33. The van der Waals surface area contributed by atoms with Gasteiger partial charge < -0.3 is 5.32 Å². The molecular formula is C10H14BrN3OS. The van der Waals surface area contributed by atoms with Crippen LogP contribution < -0.4 is 5.32 Å². The number of nitrogens with zero attached hydrogens (tertiary/aromatic N) is 2. The number of carbonyl (C=O) groups excluding carboxylic acids is 1. The van der Waals surface area contributed by atoms with Gasteiger partial charge in [0.25, 0.3) is 5.91 Å². The minimum Gasteiger partial charge on any atom is -0.350 e. The highest BCUT2D eigenvalue weighted by atomic mass is 79.9. The molecule has 0 spiro atoms. The lowest BCUT2D eigenvalue weighted by atomic mass is 9.89. The molecule has 1 aliphatic carbocycles. The Morgan fingerprint density at radius 2 is 2.50 bits per heavy atom. The number of hydrogen-bond donors (Lipinski definition) is 1. The van der Waals surface area contributed by atoms with Crippen molar-refractivity contribution in [3.63, 3.8) is 0 Å². The van der Waals surface area contributed by atoms with Crippen molar-refractivity contribution in [2.45, 2.75) is 30.5 Å². The van der Waals surface area contributed by atoms with Crippen LogP contribution in [0.2, 0.25) is 0 Å². The third-order valence-corrected chi connectivity index (χ3v) is 4.20. The quantitative estimate of drug-likeness (QED) is 0.871. The van der Waals surface area contributed by atoms with Crippen LogP contribution in [0.1, 0.15) is 36.2 Å². The van der Waals surface area contributed by atoms with Gasteiger partial charge in [0.2, 0.25) is 0 Å². The van der Waals surface area contributed by atoms with Crippen molar-refractivity contribution in [2.24, 2.45) is 5.92 Å². The zero-order valence-corrected chi connectivity index (χ0v) is 11.3. The Balaban J connectivity index is 1.77. The van der Waals surface area contributed by atoms with Gasteiger partial charge in [-0.3, -0.25) is 4.79 Å². The summed E-state index contributed by atoms with van der Waals surface area (Å²) in [4.78, 5) is 12.2. The number of amides is 1. The van der Waals surface area contributed by atoms with E-state index in [-0.39, 0.29) is 5.91 Å². The monoisotopic (exact) mass is 303 g/mol. The molecule has 1 aromatic rings. The van der Waals surface area contributed by atoms with Gasteiger partial charge in [-0.25, -0.2) is 0 Å². The maximum absolute atomic E-state index is 11.6. The van der Waals surface area contributed by atoms with Gasteiger partial charge >= 0.3 is 0 Å². The molecule has 0 aliphatic heterocycles. The number of carbonyl (C=O) groups is 1. The van der Waals surface area contributed by atoms with Crippen LogP contribution in [0.4, 0.5) is 0 Å². The first kappa shape index (κ1) is 12.0. The van der Waals surface area contributed by atoms with Gasteiger partial charge in [0, 0.05) is 16.8 Å². The van der Waals surface area contributed by atoms with Crippen LogP contribution in [0.3, 0.4) is 0 Å². The number of halogens is 1. The number of hydrogen-bond acceptors (Lipinski definition) is 4. The summed E-state index contributed by atoms with van der Waals surface area (Å²) < 4.78 is 3.67. The van der Waals surface area contributed by atoms with Gasteiger partial charge in [0.1, 0.15) is 0 Å². The molecule has 1 heterocycles. The van der Waals surface area contributed by atoms with E-state index in [1.165, 1.54) is 30.8 Å². The Morgan fingerprint density at radius 1 is 1.62 bits per heavy atom. The fourth-order valence-corrected chi connectivity index (χ4v) is 3.29. The second kappa shape index (κ2) is 5.72. The van der Waals surface area contributed by atoms with Gasteiger partial charge in [-0.05, 0) is 36.7 Å². The predicted octanol–water partition coefficient (Wildman–Crippen LogP) is 2.22. The molecule has 1 aliphatic rings. The molecule has 16 heavy (non-hydrogen) atoms. The lowest BCUT2D eigenvalue weighted by molar-refractivity contribution is 0.0939. The van der Waals surface area contributed by atoms with E-state index in [4.69, 9.17) is 0 Å².